The van der Waals surface area contributed by atoms with Gasteiger partial charge in [0.25, 0.3) is 0 Å². The first-order chi connectivity index (χ1) is 10.4. The van der Waals surface area contributed by atoms with Crippen molar-refractivity contribution in [3.63, 3.8) is 0 Å². The molecule has 1 aliphatic heterocycles. The monoisotopic (exact) mass is 302 g/mol. The van der Waals surface area contributed by atoms with Gasteiger partial charge in [-0.3, -0.25) is 4.79 Å². The second-order valence-corrected chi connectivity index (χ2v) is 6.16. The zero-order chi connectivity index (χ0) is 16.3. The van der Waals surface area contributed by atoms with E-state index >= 15 is 0 Å². The van der Waals surface area contributed by atoms with Crippen molar-refractivity contribution in [1.29, 1.82) is 5.26 Å². The minimum atomic E-state index is -0.865. The lowest BCUT2D eigenvalue weighted by Crippen LogP contribution is -2.53. The fourth-order valence-corrected chi connectivity index (χ4v) is 2.79. The molecule has 2 atom stereocenters. The number of amides is 1. The van der Waals surface area contributed by atoms with Gasteiger partial charge in [-0.05, 0) is 38.5 Å². The van der Waals surface area contributed by atoms with Crippen LogP contribution in [-0.2, 0) is 4.79 Å². The molecule has 1 aliphatic rings. The first-order valence-corrected chi connectivity index (χ1v) is 7.56. The molecule has 0 saturated heterocycles. The molecule has 1 amide bonds. The number of carbonyl (C=O) groups excluding carboxylic acids is 1. The molecule has 118 valence electrons. The van der Waals surface area contributed by atoms with Crippen LogP contribution in [0.4, 0.5) is 0 Å². The van der Waals surface area contributed by atoms with Crippen LogP contribution in [-0.4, -0.2) is 34.7 Å². The van der Waals surface area contributed by atoms with Gasteiger partial charge in [0, 0.05) is 12.1 Å². The summed E-state index contributed by atoms with van der Waals surface area (Å²) in [5, 5.41) is 19.8. The van der Waals surface area contributed by atoms with Gasteiger partial charge in [0.05, 0.1) is 17.7 Å². The average molecular weight is 302 g/mol. The number of benzene rings is 1. The Bertz CT molecular complexity index is 592. The van der Waals surface area contributed by atoms with Gasteiger partial charge in [-0.15, -0.1) is 0 Å². The molecule has 22 heavy (non-hydrogen) atoms. The van der Waals surface area contributed by atoms with E-state index in [0.29, 0.717) is 23.4 Å². The minimum absolute atomic E-state index is 0.487. The van der Waals surface area contributed by atoms with Crippen LogP contribution >= 0.6 is 0 Å². The Kier molecular flexibility index (Phi) is 4.72. The van der Waals surface area contributed by atoms with Gasteiger partial charge in [-0.2, -0.15) is 5.26 Å². The van der Waals surface area contributed by atoms with E-state index in [1.807, 2.05) is 0 Å². The molecule has 2 rings (SSSR count). The maximum Gasteiger partial charge on any atom is 0.210 e. The van der Waals surface area contributed by atoms with Gasteiger partial charge < -0.3 is 14.7 Å². The van der Waals surface area contributed by atoms with E-state index in [9.17, 15) is 9.90 Å². The molecular weight excluding hydrogens is 280 g/mol. The number of carbonyl (C=O) groups is 1. The van der Waals surface area contributed by atoms with E-state index in [1.165, 1.54) is 0 Å². The third kappa shape index (κ3) is 2.93. The van der Waals surface area contributed by atoms with Crippen molar-refractivity contribution >= 4 is 6.41 Å². The zero-order valence-corrected chi connectivity index (χ0v) is 13.2. The average Bonchev–Trinajstić information content (AvgIpc) is 2.50. The maximum atomic E-state index is 11.5. The lowest BCUT2D eigenvalue weighted by molar-refractivity contribution is -0.132. The summed E-state index contributed by atoms with van der Waals surface area (Å²) >= 11 is 0. The highest BCUT2D eigenvalue weighted by Crippen LogP contribution is 2.42. The molecule has 0 saturated carbocycles. The van der Waals surface area contributed by atoms with Crippen molar-refractivity contribution in [3.8, 4) is 11.8 Å². The summed E-state index contributed by atoms with van der Waals surface area (Å²) in [5.74, 6) is 0.614. The molecule has 5 nitrogen and oxygen atoms in total. The molecule has 0 fully saturated rings. The molecule has 0 bridgehead atoms. The number of nitriles is 1. The van der Waals surface area contributed by atoms with Crippen molar-refractivity contribution in [2.45, 2.75) is 51.4 Å². The lowest BCUT2D eigenvalue weighted by Gasteiger charge is -2.45. The van der Waals surface area contributed by atoms with Gasteiger partial charge in [0.2, 0.25) is 6.41 Å². The predicted octanol–water partition coefficient (Wildman–Crippen LogP) is 2.39. The molecule has 0 aliphatic carbocycles. The molecule has 0 unspecified atom stereocenters. The van der Waals surface area contributed by atoms with Crippen molar-refractivity contribution in [2.75, 3.05) is 6.54 Å². The molecule has 1 aromatic carbocycles. The van der Waals surface area contributed by atoms with Crippen molar-refractivity contribution in [1.82, 2.24) is 4.90 Å². The van der Waals surface area contributed by atoms with Gasteiger partial charge >= 0.3 is 0 Å². The Balaban J connectivity index is 2.50. The summed E-state index contributed by atoms with van der Waals surface area (Å²) < 4.78 is 5.86. The fourth-order valence-electron chi connectivity index (χ4n) is 2.79. The van der Waals surface area contributed by atoms with Gasteiger partial charge in [0.1, 0.15) is 17.5 Å². The van der Waals surface area contributed by atoms with Crippen molar-refractivity contribution in [3.05, 3.63) is 29.3 Å². The normalized spacial score (nSPS) is 22.1. The van der Waals surface area contributed by atoms with Crippen molar-refractivity contribution < 1.29 is 14.6 Å². The highest BCUT2D eigenvalue weighted by molar-refractivity contribution is 5.53. The molecule has 0 aromatic heterocycles. The summed E-state index contributed by atoms with van der Waals surface area (Å²) in [7, 11) is 0. The summed E-state index contributed by atoms with van der Waals surface area (Å²) in [6.07, 6.45) is 1.72. The van der Waals surface area contributed by atoms with Crippen LogP contribution in [0.3, 0.4) is 0 Å². The van der Waals surface area contributed by atoms with E-state index in [0.717, 1.165) is 19.3 Å². The number of nitrogens with zero attached hydrogens (tertiary/aromatic N) is 2. The smallest absolute Gasteiger partial charge is 0.210 e. The fraction of sp³-hybridized carbons (Fsp3) is 0.529. The number of hydrogen-bond donors (Lipinski definition) is 1. The summed E-state index contributed by atoms with van der Waals surface area (Å²) in [6, 6.07) is 6.70. The number of hydrogen-bond acceptors (Lipinski definition) is 4. The molecule has 1 heterocycles. The van der Waals surface area contributed by atoms with Crippen molar-refractivity contribution in [2.24, 2.45) is 0 Å². The first-order valence-electron chi connectivity index (χ1n) is 7.56. The van der Waals surface area contributed by atoms with Crippen LogP contribution in [0.1, 0.15) is 50.8 Å². The Labute approximate surface area is 131 Å². The van der Waals surface area contributed by atoms with E-state index in [1.54, 1.807) is 36.9 Å². The number of ether oxygens (including phenoxy) is 1. The highest BCUT2D eigenvalue weighted by Gasteiger charge is 2.45. The van der Waals surface area contributed by atoms with Crippen LogP contribution in [0.15, 0.2) is 18.2 Å². The molecule has 5 heteroatoms. The Morgan fingerprint density at radius 3 is 2.82 bits per heavy atom. The minimum Gasteiger partial charge on any atom is -0.485 e. The molecule has 1 N–H and O–H groups in total. The quantitative estimate of drug-likeness (QED) is 0.848. The first kappa shape index (κ1) is 16.3. The van der Waals surface area contributed by atoms with Crippen LogP contribution in [0, 0.1) is 11.3 Å². The second-order valence-electron chi connectivity index (χ2n) is 6.16. The molecular formula is C17H22N2O3. The number of unbranched alkanes of at least 4 members (excludes halogenated alkanes) is 1. The lowest BCUT2D eigenvalue weighted by atomic mass is 9.85. The largest absolute Gasteiger partial charge is 0.485 e. The topological polar surface area (TPSA) is 73.6 Å². The third-order valence-corrected chi connectivity index (χ3v) is 4.10. The standard InChI is InChI=1S/C17H22N2O3/c1-4-5-8-19(11-20)15-13-9-12(10-18)6-7-14(13)22-17(2,3)16(15)21/h6-7,9,11,15-16,21H,4-5,8H2,1-3H3/t15-,16+/m0/s1. The molecule has 1 aromatic rings. The predicted molar refractivity (Wildman–Crippen MR) is 82.3 cm³/mol. The third-order valence-electron chi connectivity index (χ3n) is 4.10. The van der Waals surface area contributed by atoms with Crippen LogP contribution in [0.25, 0.3) is 0 Å². The summed E-state index contributed by atoms with van der Waals surface area (Å²) in [6.45, 7) is 6.21. The van der Waals surface area contributed by atoms with Gasteiger partial charge in [-0.25, -0.2) is 0 Å². The van der Waals surface area contributed by atoms with Crippen LogP contribution < -0.4 is 4.74 Å². The Morgan fingerprint density at radius 2 is 2.23 bits per heavy atom. The Hall–Kier alpha value is -2.06. The second kappa shape index (κ2) is 6.37. The number of aliphatic hydroxyl groups is 1. The van der Waals surface area contributed by atoms with Gasteiger partial charge in [-0.1, -0.05) is 13.3 Å². The highest BCUT2D eigenvalue weighted by atomic mass is 16.5. The number of rotatable bonds is 5. The molecule has 0 spiro atoms. The summed E-state index contributed by atoms with van der Waals surface area (Å²) in [5.41, 5.74) is 0.369. The van der Waals surface area contributed by atoms with E-state index < -0.39 is 17.7 Å². The van der Waals surface area contributed by atoms with Crippen LogP contribution in [0.2, 0.25) is 0 Å². The zero-order valence-electron chi connectivity index (χ0n) is 13.2. The van der Waals surface area contributed by atoms with Crippen LogP contribution in [0.5, 0.6) is 5.75 Å². The molecule has 0 radical (unpaired) electrons. The number of aliphatic hydroxyl groups excluding tert-OH is 1. The number of fused-ring (bicyclic) bond motifs is 1. The summed E-state index contributed by atoms with van der Waals surface area (Å²) in [4.78, 5) is 13.1. The van der Waals surface area contributed by atoms with E-state index in [-0.39, 0.29) is 0 Å². The Morgan fingerprint density at radius 1 is 1.50 bits per heavy atom. The van der Waals surface area contributed by atoms with E-state index in [2.05, 4.69) is 13.0 Å². The SMILES string of the molecule is CCCCN(C=O)[C@H]1c2cc(C#N)ccc2OC(C)(C)[C@@H]1O. The maximum absolute atomic E-state index is 11.5. The van der Waals surface area contributed by atoms with Gasteiger partial charge in [0.15, 0.2) is 0 Å². The van der Waals surface area contributed by atoms with E-state index in [4.69, 9.17) is 10.00 Å².